The molecule has 0 spiro atoms. The van der Waals surface area contributed by atoms with Gasteiger partial charge in [-0.25, -0.2) is 4.39 Å². The lowest BCUT2D eigenvalue weighted by Gasteiger charge is -2.09. The molecular formula is C14H14FN3O2. The zero-order chi connectivity index (χ0) is 14.7. The van der Waals surface area contributed by atoms with Gasteiger partial charge in [-0.2, -0.15) is 0 Å². The molecule has 0 fully saturated rings. The average molecular weight is 275 g/mol. The minimum atomic E-state index is -0.387. The first-order valence-corrected chi connectivity index (χ1v) is 5.97. The van der Waals surface area contributed by atoms with Crippen LogP contribution < -0.4 is 16.6 Å². The molecule has 2 rings (SSSR count). The Morgan fingerprint density at radius 2 is 2.00 bits per heavy atom. The zero-order valence-electron chi connectivity index (χ0n) is 10.9. The van der Waals surface area contributed by atoms with Crippen molar-refractivity contribution >= 4 is 17.3 Å². The molecule has 1 heterocycles. The largest absolute Gasteiger partial charge is 0.397 e. The fourth-order valence-corrected chi connectivity index (χ4v) is 1.70. The highest BCUT2D eigenvalue weighted by Crippen LogP contribution is 2.09. The summed E-state index contributed by atoms with van der Waals surface area (Å²) < 4.78 is 14.0. The van der Waals surface area contributed by atoms with Crippen molar-refractivity contribution in [2.45, 2.75) is 13.5 Å². The van der Waals surface area contributed by atoms with E-state index >= 15 is 0 Å². The summed E-state index contributed by atoms with van der Waals surface area (Å²) in [6.07, 6.45) is 1.43. The monoisotopic (exact) mass is 275 g/mol. The molecule has 0 aliphatic heterocycles. The van der Waals surface area contributed by atoms with E-state index in [1.165, 1.54) is 41.1 Å². The van der Waals surface area contributed by atoms with Crippen LogP contribution in [0, 0.1) is 12.7 Å². The van der Waals surface area contributed by atoms with E-state index in [4.69, 9.17) is 5.73 Å². The molecule has 6 heteroatoms. The number of nitrogens with two attached hydrogens (primary N) is 1. The van der Waals surface area contributed by atoms with Crippen LogP contribution in [0.3, 0.4) is 0 Å². The predicted octanol–water partition coefficient (Wildman–Crippen LogP) is 1.52. The van der Waals surface area contributed by atoms with Crippen LogP contribution in [0.15, 0.2) is 41.3 Å². The Morgan fingerprint density at radius 3 is 2.65 bits per heavy atom. The Hall–Kier alpha value is -2.63. The summed E-state index contributed by atoms with van der Waals surface area (Å²) in [4.78, 5) is 23.5. The molecule has 2 aromatic rings. The number of amides is 1. The van der Waals surface area contributed by atoms with Crippen molar-refractivity contribution in [3.63, 3.8) is 0 Å². The number of anilines is 2. The van der Waals surface area contributed by atoms with E-state index < -0.39 is 0 Å². The van der Waals surface area contributed by atoms with E-state index in [0.29, 0.717) is 16.9 Å². The quantitative estimate of drug-likeness (QED) is 0.891. The van der Waals surface area contributed by atoms with Gasteiger partial charge >= 0.3 is 0 Å². The third-order valence-corrected chi connectivity index (χ3v) is 2.82. The lowest BCUT2D eigenvalue weighted by atomic mass is 10.2. The van der Waals surface area contributed by atoms with Crippen LogP contribution in [-0.4, -0.2) is 10.5 Å². The van der Waals surface area contributed by atoms with Gasteiger partial charge in [-0.15, -0.1) is 0 Å². The molecule has 0 saturated heterocycles. The van der Waals surface area contributed by atoms with Gasteiger partial charge in [-0.1, -0.05) is 0 Å². The molecule has 0 aliphatic carbocycles. The van der Waals surface area contributed by atoms with Crippen molar-refractivity contribution in [2.24, 2.45) is 0 Å². The maximum Gasteiger partial charge on any atom is 0.251 e. The van der Waals surface area contributed by atoms with Gasteiger partial charge in [0, 0.05) is 18.0 Å². The second-order valence-electron chi connectivity index (χ2n) is 4.43. The summed E-state index contributed by atoms with van der Waals surface area (Å²) in [5, 5.41) is 2.57. The normalized spacial score (nSPS) is 10.3. The van der Waals surface area contributed by atoms with Crippen molar-refractivity contribution in [3.05, 3.63) is 58.3 Å². The highest BCUT2D eigenvalue weighted by atomic mass is 19.1. The number of carbonyl (C=O) groups is 1. The van der Waals surface area contributed by atoms with Crippen molar-refractivity contribution in [1.29, 1.82) is 0 Å². The first-order valence-electron chi connectivity index (χ1n) is 5.97. The number of benzene rings is 1. The SMILES string of the molecule is Cc1cc(=O)n(CC(=O)Nc2ccc(F)cc2)cc1N. The minimum Gasteiger partial charge on any atom is -0.397 e. The number of rotatable bonds is 3. The Labute approximate surface area is 114 Å². The Balaban J connectivity index is 2.10. The van der Waals surface area contributed by atoms with E-state index in [1.807, 2.05) is 0 Å². The standard InChI is InChI=1S/C14H14FN3O2/c1-9-6-14(20)18(7-12(9)16)8-13(19)17-11-4-2-10(15)3-5-11/h2-7H,8,16H2,1H3,(H,17,19). The first kappa shape index (κ1) is 13.8. The Morgan fingerprint density at radius 1 is 1.35 bits per heavy atom. The van der Waals surface area contributed by atoms with Crippen molar-refractivity contribution in [3.8, 4) is 0 Å². The highest BCUT2D eigenvalue weighted by Gasteiger charge is 2.07. The highest BCUT2D eigenvalue weighted by molar-refractivity contribution is 5.90. The van der Waals surface area contributed by atoms with E-state index in [9.17, 15) is 14.0 Å². The van der Waals surface area contributed by atoms with E-state index in [2.05, 4.69) is 5.32 Å². The number of nitrogen functional groups attached to an aromatic ring is 1. The van der Waals surface area contributed by atoms with E-state index in [0.717, 1.165) is 0 Å². The lowest BCUT2D eigenvalue weighted by molar-refractivity contribution is -0.116. The number of hydrogen-bond acceptors (Lipinski definition) is 3. The molecule has 0 atom stereocenters. The number of aromatic nitrogens is 1. The molecule has 0 bridgehead atoms. The zero-order valence-corrected chi connectivity index (χ0v) is 10.9. The van der Waals surface area contributed by atoms with Crippen LogP contribution in [0.25, 0.3) is 0 Å². The molecule has 1 aromatic heterocycles. The van der Waals surface area contributed by atoms with Crippen molar-refractivity contribution in [1.82, 2.24) is 4.57 Å². The number of nitrogens with zero attached hydrogens (tertiary/aromatic N) is 1. The first-order chi connectivity index (χ1) is 9.45. The summed E-state index contributed by atoms with van der Waals surface area (Å²) in [7, 11) is 0. The van der Waals surface area contributed by atoms with Gasteiger partial charge in [0.15, 0.2) is 0 Å². The van der Waals surface area contributed by atoms with Gasteiger partial charge in [0.1, 0.15) is 12.4 Å². The van der Waals surface area contributed by atoms with Crippen LogP contribution in [0.5, 0.6) is 0 Å². The smallest absolute Gasteiger partial charge is 0.251 e. The predicted molar refractivity (Wildman–Crippen MR) is 74.9 cm³/mol. The number of hydrogen-bond donors (Lipinski definition) is 2. The van der Waals surface area contributed by atoms with Crippen LogP contribution in [0.4, 0.5) is 15.8 Å². The van der Waals surface area contributed by atoms with Gasteiger partial charge in [-0.3, -0.25) is 9.59 Å². The number of nitrogens with one attached hydrogen (secondary N) is 1. The Bertz CT molecular complexity index is 693. The minimum absolute atomic E-state index is 0.152. The van der Waals surface area contributed by atoms with Gasteiger partial charge in [0.25, 0.3) is 5.56 Å². The fraction of sp³-hybridized carbons (Fsp3) is 0.143. The summed E-state index contributed by atoms with van der Waals surface area (Å²) in [6, 6.07) is 6.75. The van der Waals surface area contributed by atoms with Crippen LogP contribution in [-0.2, 0) is 11.3 Å². The van der Waals surface area contributed by atoms with Gasteiger partial charge in [0.2, 0.25) is 5.91 Å². The van der Waals surface area contributed by atoms with Crippen LogP contribution >= 0.6 is 0 Å². The molecule has 0 aliphatic rings. The molecule has 0 radical (unpaired) electrons. The third kappa shape index (κ3) is 3.23. The number of aryl methyl sites for hydroxylation is 1. The second-order valence-corrected chi connectivity index (χ2v) is 4.43. The average Bonchev–Trinajstić information content (AvgIpc) is 2.39. The molecule has 0 unspecified atom stereocenters. The lowest BCUT2D eigenvalue weighted by Crippen LogP contribution is -2.27. The van der Waals surface area contributed by atoms with Crippen LogP contribution in [0.2, 0.25) is 0 Å². The van der Waals surface area contributed by atoms with Crippen molar-refractivity contribution in [2.75, 3.05) is 11.1 Å². The number of pyridine rings is 1. The third-order valence-electron chi connectivity index (χ3n) is 2.82. The number of halogens is 1. The fourth-order valence-electron chi connectivity index (χ4n) is 1.70. The topological polar surface area (TPSA) is 77.1 Å². The molecule has 0 saturated carbocycles. The van der Waals surface area contributed by atoms with E-state index in [-0.39, 0.29) is 23.8 Å². The van der Waals surface area contributed by atoms with Gasteiger partial charge < -0.3 is 15.6 Å². The molecular weight excluding hydrogens is 261 g/mol. The molecule has 3 N–H and O–H groups in total. The van der Waals surface area contributed by atoms with Crippen molar-refractivity contribution < 1.29 is 9.18 Å². The molecule has 104 valence electrons. The molecule has 1 amide bonds. The molecule has 20 heavy (non-hydrogen) atoms. The Kier molecular flexibility index (Phi) is 3.84. The summed E-state index contributed by atoms with van der Waals surface area (Å²) in [6.45, 7) is 1.57. The van der Waals surface area contributed by atoms with Crippen LogP contribution in [0.1, 0.15) is 5.56 Å². The summed E-state index contributed by atoms with van der Waals surface area (Å²) in [5.41, 5.74) is 6.98. The maximum absolute atomic E-state index is 12.7. The maximum atomic E-state index is 12.7. The van der Waals surface area contributed by atoms with Gasteiger partial charge in [-0.05, 0) is 36.8 Å². The summed E-state index contributed by atoms with van der Waals surface area (Å²) in [5.74, 6) is -0.771. The number of carbonyl (C=O) groups excluding carboxylic acids is 1. The van der Waals surface area contributed by atoms with Gasteiger partial charge in [0.05, 0.1) is 5.69 Å². The molecule has 1 aromatic carbocycles. The summed E-state index contributed by atoms with van der Waals surface area (Å²) >= 11 is 0. The molecule has 5 nitrogen and oxygen atoms in total. The van der Waals surface area contributed by atoms with E-state index in [1.54, 1.807) is 6.92 Å². The second kappa shape index (κ2) is 5.56.